The molecule has 4 rings (SSSR count). The highest BCUT2D eigenvalue weighted by atomic mass is 35.5. The Hall–Kier alpha value is -2.73. The van der Waals surface area contributed by atoms with E-state index in [-0.39, 0.29) is 12.1 Å². The van der Waals surface area contributed by atoms with Gasteiger partial charge in [0.15, 0.2) is 0 Å². The van der Waals surface area contributed by atoms with Gasteiger partial charge in [-0.1, -0.05) is 30.7 Å². The first kappa shape index (κ1) is 20.5. The smallest absolute Gasteiger partial charge is 0.322 e. The van der Waals surface area contributed by atoms with E-state index in [0.29, 0.717) is 29.6 Å². The Morgan fingerprint density at radius 3 is 2.90 bits per heavy atom. The van der Waals surface area contributed by atoms with Gasteiger partial charge in [0.1, 0.15) is 11.6 Å². The van der Waals surface area contributed by atoms with E-state index in [9.17, 15) is 4.79 Å². The predicted octanol–water partition coefficient (Wildman–Crippen LogP) is 5.87. The Balaban J connectivity index is 1.60. The van der Waals surface area contributed by atoms with E-state index in [1.807, 2.05) is 30.0 Å². The summed E-state index contributed by atoms with van der Waals surface area (Å²) in [6, 6.07) is 13.2. The molecule has 1 atom stereocenters. The number of hydrogen-bond donors (Lipinski definition) is 1. The highest BCUT2D eigenvalue weighted by molar-refractivity contribution is 6.31. The largest absolute Gasteiger partial charge is 0.491 e. The number of urea groups is 1. The summed E-state index contributed by atoms with van der Waals surface area (Å²) in [7, 11) is 0. The third-order valence-electron chi connectivity index (χ3n) is 5.46. The predicted molar refractivity (Wildman–Crippen MR) is 120 cm³/mol. The van der Waals surface area contributed by atoms with E-state index in [1.54, 1.807) is 18.2 Å². The van der Waals surface area contributed by atoms with Crippen LogP contribution >= 0.6 is 11.6 Å². The van der Waals surface area contributed by atoms with Gasteiger partial charge in [-0.05, 0) is 56.5 Å². The zero-order chi connectivity index (χ0) is 21.1. The van der Waals surface area contributed by atoms with Crippen LogP contribution in [0.4, 0.5) is 10.5 Å². The van der Waals surface area contributed by atoms with Gasteiger partial charge in [0, 0.05) is 18.1 Å². The molecule has 1 aromatic heterocycles. The van der Waals surface area contributed by atoms with Crippen molar-refractivity contribution in [3.05, 3.63) is 53.3 Å². The normalized spacial score (nSPS) is 16.2. The number of carbonyl (C=O) groups is 1. The lowest BCUT2D eigenvalue weighted by molar-refractivity contribution is 0.204. The van der Waals surface area contributed by atoms with Gasteiger partial charge in [0.05, 0.1) is 29.4 Å². The van der Waals surface area contributed by atoms with Crippen LogP contribution in [-0.4, -0.2) is 33.6 Å². The number of benzene rings is 2. The number of carbonyl (C=O) groups excluding carboxylic acids is 1. The van der Waals surface area contributed by atoms with Crippen LogP contribution in [0.25, 0.3) is 11.0 Å². The topological polar surface area (TPSA) is 59.4 Å². The molecule has 6 nitrogen and oxygen atoms in total. The molecule has 0 bridgehead atoms. The number of aryl methyl sites for hydroxylation is 1. The lowest BCUT2D eigenvalue weighted by atomic mass is 10.2. The number of aromatic nitrogens is 2. The molecule has 1 unspecified atom stereocenters. The fraction of sp³-hybridized carbons (Fsp3) is 0.391. The molecular formula is C23H27ClN4O2. The second-order valence-corrected chi connectivity index (χ2v) is 7.91. The number of para-hydroxylation sites is 2. The summed E-state index contributed by atoms with van der Waals surface area (Å²) >= 11 is 6.17. The summed E-state index contributed by atoms with van der Waals surface area (Å²) in [5.74, 6) is 1.58. The average Bonchev–Trinajstić information content (AvgIpc) is 3.37. The first-order valence-corrected chi connectivity index (χ1v) is 10.9. The summed E-state index contributed by atoms with van der Waals surface area (Å²) in [6.45, 7) is 6.24. The van der Waals surface area contributed by atoms with Gasteiger partial charge in [-0.25, -0.2) is 9.78 Å². The molecule has 1 aliphatic heterocycles. The maximum atomic E-state index is 13.2. The van der Waals surface area contributed by atoms with Crippen molar-refractivity contribution in [3.8, 4) is 5.75 Å². The van der Waals surface area contributed by atoms with Crippen LogP contribution in [0.5, 0.6) is 5.75 Å². The highest BCUT2D eigenvalue weighted by Gasteiger charge is 2.34. The van der Waals surface area contributed by atoms with E-state index >= 15 is 0 Å². The third-order valence-corrected chi connectivity index (χ3v) is 5.69. The number of anilines is 1. The van der Waals surface area contributed by atoms with Crippen LogP contribution < -0.4 is 10.1 Å². The molecule has 158 valence electrons. The van der Waals surface area contributed by atoms with Gasteiger partial charge in [-0.2, -0.15) is 0 Å². The van der Waals surface area contributed by atoms with Crippen LogP contribution in [0, 0.1) is 0 Å². The second kappa shape index (κ2) is 8.96. The number of nitrogens with zero attached hydrogens (tertiary/aromatic N) is 3. The minimum atomic E-state index is -0.157. The summed E-state index contributed by atoms with van der Waals surface area (Å²) < 4.78 is 7.99. The summed E-state index contributed by atoms with van der Waals surface area (Å²) in [6.07, 6.45) is 2.72. The minimum Gasteiger partial charge on any atom is -0.491 e. The number of rotatable bonds is 6. The average molecular weight is 427 g/mol. The Morgan fingerprint density at radius 2 is 2.10 bits per heavy atom. The molecule has 30 heavy (non-hydrogen) atoms. The van der Waals surface area contributed by atoms with E-state index in [1.165, 1.54) is 0 Å². The fourth-order valence-corrected chi connectivity index (χ4v) is 4.26. The zero-order valence-corrected chi connectivity index (χ0v) is 18.2. The molecule has 0 radical (unpaired) electrons. The molecule has 2 amide bonds. The SMILES string of the molecule is CCCOc1ccc(Cl)cc1NC(=O)N1CCCC1c1nc2ccccc2n1CC. The molecule has 0 saturated carbocycles. The molecule has 7 heteroatoms. The molecule has 3 aromatic rings. The van der Waals surface area contributed by atoms with Crippen molar-refractivity contribution in [2.75, 3.05) is 18.5 Å². The molecule has 2 aromatic carbocycles. The number of likely N-dealkylation sites (tertiary alicyclic amines) is 1. The van der Waals surface area contributed by atoms with Crippen molar-refractivity contribution in [1.29, 1.82) is 0 Å². The monoisotopic (exact) mass is 426 g/mol. The maximum absolute atomic E-state index is 13.2. The Bertz CT molecular complexity index is 1050. The third kappa shape index (κ3) is 3.97. The Labute approximate surface area is 181 Å². The van der Waals surface area contributed by atoms with Crippen molar-refractivity contribution < 1.29 is 9.53 Å². The van der Waals surface area contributed by atoms with Gasteiger partial charge >= 0.3 is 6.03 Å². The lowest BCUT2D eigenvalue weighted by Crippen LogP contribution is -2.35. The van der Waals surface area contributed by atoms with Gasteiger partial charge in [0.2, 0.25) is 0 Å². The number of hydrogen-bond acceptors (Lipinski definition) is 3. The minimum absolute atomic E-state index is 0.0588. The van der Waals surface area contributed by atoms with Crippen molar-refractivity contribution >= 4 is 34.4 Å². The molecule has 1 saturated heterocycles. The van der Waals surface area contributed by atoms with Gasteiger partial charge in [0.25, 0.3) is 0 Å². The van der Waals surface area contributed by atoms with Crippen molar-refractivity contribution in [2.45, 2.75) is 45.7 Å². The van der Waals surface area contributed by atoms with E-state index in [2.05, 4.69) is 22.9 Å². The first-order chi connectivity index (χ1) is 14.6. The van der Waals surface area contributed by atoms with Crippen LogP contribution in [-0.2, 0) is 6.54 Å². The van der Waals surface area contributed by atoms with Crippen molar-refractivity contribution in [2.24, 2.45) is 0 Å². The van der Waals surface area contributed by atoms with Crippen LogP contribution in [0.1, 0.15) is 45.0 Å². The van der Waals surface area contributed by atoms with Gasteiger partial charge in [-0.3, -0.25) is 0 Å². The van der Waals surface area contributed by atoms with Crippen LogP contribution in [0.15, 0.2) is 42.5 Å². The highest BCUT2D eigenvalue weighted by Crippen LogP contribution is 2.35. The maximum Gasteiger partial charge on any atom is 0.322 e. The standard InChI is InChI=1S/C23H27ClN4O2/c1-3-14-30-21-12-11-16(24)15-18(21)26-23(29)28-13-7-10-20(28)22-25-17-8-5-6-9-19(17)27(22)4-2/h5-6,8-9,11-12,15,20H,3-4,7,10,13-14H2,1-2H3,(H,26,29). The summed E-state index contributed by atoms with van der Waals surface area (Å²) in [5.41, 5.74) is 2.66. The summed E-state index contributed by atoms with van der Waals surface area (Å²) in [4.78, 5) is 20.0. The van der Waals surface area contributed by atoms with Gasteiger partial charge in [-0.15, -0.1) is 0 Å². The van der Waals surface area contributed by atoms with E-state index in [0.717, 1.165) is 42.7 Å². The molecule has 0 spiro atoms. The van der Waals surface area contributed by atoms with E-state index < -0.39 is 0 Å². The van der Waals surface area contributed by atoms with E-state index in [4.69, 9.17) is 21.3 Å². The number of fused-ring (bicyclic) bond motifs is 1. The molecular weight excluding hydrogens is 400 g/mol. The number of halogens is 1. The molecule has 1 aliphatic rings. The van der Waals surface area contributed by atoms with Crippen LogP contribution in [0.2, 0.25) is 5.02 Å². The van der Waals surface area contributed by atoms with Crippen molar-refractivity contribution in [1.82, 2.24) is 14.5 Å². The molecule has 0 aliphatic carbocycles. The Morgan fingerprint density at radius 1 is 1.27 bits per heavy atom. The fourth-order valence-electron chi connectivity index (χ4n) is 4.08. The summed E-state index contributed by atoms with van der Waals surface area (Å²) in [5, 5.41) is 3.57. The number of imidazole rings is 1. The quantitative estimate of drug-likeness (QED) is 0.536. The molecule has 1 fully saturated rings. The molecule has 2 heterocycles. The number of nitrogens with one attached hydrogen (secondary N) is 1. The Kier molecular flexibility index (Phi) is 6.13. The van der Waals surface area contributed by atoms with Gasteiger partial charge < -0.3 is 19.5 Å². The lowest BCUT2D eigenvalue weighted by Gasteiger charge is -2.25. The van der Waals surface area contributed by atoms with Crippen molar-refractivity contribution in [3.63, 3.8) is 0 Å². The zero-order valence-electron chi connectivity index (χ0n) is 17.4. The second-order valence-electron chi connectivity index (χ2n) is 7.47. The molecule has 1 N–H and O–H groups in total. The number of ether oxygens (including phenoxy) is 1. The van der Waals surface area contributed by atoms with Crippen LogP contribution in [0.3, 0.4) is 0 Å². The first-order valence-electron chi connectivity index (χ1n) is 10.6. The number of amides is 2.